The number of nitrogens with zero attached hydrogens (tertiary/aromatic N) is 2. The second-order valence-electron chi connectivity index (χ2n) is 3.76. The molecule has 1 aromatic heterocycles. The van der Waals surface area contributed by atoms with E-state index in [1.54, 1.807) is 24.3 Å². The van der Waals surface area contributed by atoms with Gasteiger partial charge in [0, 0.05) is 0 Å². The number of hydrogen-bond donors (Lipinski definition) is 0. The Hall–Kier alpha value is -1.75. The molecule has 94 valence electrons. The Labute approximate surface area is 107 Å². The van der Waals surface area contributed by atoms with Gasteiger partial charge in [0.1, 0.15) is 10.8 Å². The highest BCUT2D eigenvalue weighted by atomic mass is 35.5. The number of aryl methyl sites for hydroxylation is 1. The zero-order valence-electron chi connectivity index (χ0n) is 9.40. The van der Waals surface area contributed by atoms with Crippen molar-refractivity contribution in [1.82, 2.24) is 9.78 Å². The number of carbonyl (C=O) groups is 1. The third-order valence-electron chi connectivity index (χ3n) is 2.49. The fraction of sp³-hybridized carbons (Fsp3) is 0.167. The molecule has 0 amide bonds. The van der Waals surface area contributed by atoms with E-state index in [2.05, 4.69) is 5.10 Å². The summed E-state index contributed by atoms with van der Waals surface area (Å²) in [7, 11) is 0. The molecule has 0 fully saturated rings. The minimum Gasteiger partial charge on any atom is -0.298 e. The Morgan fingerprint density at radius 3 is 2.39 bits per heavy atom. The number of alkyl halides is 2. The fourth-order valence-electron chi connectivity index (χ4n) is 1.55. The number of rotatable bonds is 3. The third kappa shape index (κ3) is 2.13. The van der Waals surface area contributed by atoms with Gasteiger partial charge in [0.25, 0.3) is 6.43 Å². The van der Waals surface area contributed by atoms with Crippen LogP contribution in [0.4, 0.5) is 8.78 Å². The molecule has 18 heavy (non-hydrogen) atoms. The van der Waals surface area contributed by atoms with E-state index < -0.39 is 12.1 Å². The zero-order valence-corrected chi connectivity index (χ0v) is 10.2. The summed E-state index contributed by atoms with van der Waals surface area (Å²) in [6.45, 7) is 1.90. The first-order valence-electron chi connectivity index (χ1n) is 5.13. The van der Waals surface area contributed by atoms with Crippen molar-refractivity contribution in [2.24, 2.45) is 0 Å². The highest BCUT2D eigenvalue weighted by Gasteiger charge is 2.23. The maximum Gasteiger partial charge on any atom is 0.282 e. The van der Waals surface area contributed by atoms with Crippen LogP contribution >= 0.6 is 11.6 Å². The van der Waals surface area contributed by atoms with Crippen molar-refractivity contribution in [1.29, 1.82) is 0 Å². The molecule has 2 aromatic rings. The number of carbonyl (C=O) groups excluding carboxylic acids is 1. The lowest BCUT2D eigenvalue weighted by atomic mass is 10.2. The number of benzene rings is 1. The molecule has 0 unspecified atom stereocenters. The Kier molecular flexibility index (Phi) is 3.43. The van der Waals surface area contributed by atoms with Gasteiger partial charge in [0.15, 0.2) is 6.29 Å². The van der Waals surface area contributed by atoms with Crippen LogP contribution in [0, 0.1) is 6.92 Å². The van der Waals surface area contributed by atoms with Crippen molar-refractivity contribution in [3.63, 3.8) is 0 Å². The largest absolute Gasteiger partial charge is 0.298 e. The summed E-state index contributed by atoms with van der Waals surface area (Å²) < 4.78 is 26.5. The molecule has 0 atom stereocenters. The molecule has 0 saturated carbocycles. The number of hydrogen-bond acceptors (Lipinski definition) is 2. The molecule has 0 aliphatic rings. The van der Waals surface area contributed by atoms with Gasteiger partial charge in [-0.05, 0) is 19.1 Å². The van der Waals surface area contributed by atoms with E-state index in [-0.39, 0.29) is 10.7 Å². The molecule has 3 nitrogen and oxygen atoms in total. The first kappa shape index (κ1) is 12.7. The quantitative estimate of drug-likeness (QED) is 0.799. The van der Waals surface area contributed by atoms with E-state index in [0.29, 0.717) is 12.0 Å². The van der Waals surface area contributed by atoms with Gasteiger partial charge >= 0.3 is 0 Å². The zero-order chi connectivity index (χ0) is 13.3. The minimum absolute atomic E-state index is 0.107. The SMILES string of the molecule is Cc1ccc(-n2nc(C(F)F)c(C=O)c2Cl)cc1. The molecule has 1 aromatic carbocycles. The number of halogens is 3. The molecule has 0 saturated heterocycles. The third-order valence-corrected chi connectivity index (χ3v) is 2.86. The van der Waals surface area contributed by atoms with E-state index >= 15 is 0 Å². The standard InChI is InChI=1S/C12H9ClF2N2O/c1-7-2-4-8(5-3-7)17-11(13)9(6-18)10(16-17)12(14)15/h2-6,12H,1H3. The summed E-state index contributed by atoms with van der Waals surface area (Å²) in [5, 5.41) is 3.58. The van der Waals surface area contributed by atoms with Gasteiger partial charge in [-0.3, -0.25) is 4.79 Å². The van der Waals surface area contributed by atoms with Crippen molar-refractivity contribution < 1.29 is 13.6 Å². The Morgan fingerprint density at radius 1 is 1.33 bits per heavy atom. The van der Waals surface area contributed by atoms with Crippen LogP contribution in [0.5, 0.6) is 0 Å². The van der Waals surface area contributed by atoms with Crippen molar-refractivity contribution in [2.45, 2.75) is 13.3 Å². The summed E-state index contributed by atoms with van der Waals surface area (Å²) in [6.07, 6.45) is -2.55. The van der Waals surface area contributed by atoms with Crippen LogP contribution in [0.1, 0.15) is 28.0 Å². The first-order chi connectivity index (χ1) is 8.54. The lowest BCUT2D eigenvalue weighted by molar-refractivity contribution is 0.110. The van der Waals surface area contributed by atoms with Gasteiger partial charge in [-0.15, -0.1) is 0 Å². The van der Waals surface area contributed by atoms with Crippen LogP contribution < -0.4 is 0 Å². The van der Waals surface area contributed by atoms with Crippen LogP contribution in [0.15, 0.2) is 24.3 Å². The fourth-order valence-corrected chi connectivity index (χ4v) is 1.83. The van der Waals surface area contributed by atoms with Gasteiger partial charge in [0.05, 0.1) is 11.3 Å². The van der Waals surface area contributed by atoms with Crippen molar-refractivity contribution in [2.75, 3.05) is 0 Å². The summed E-state index contributed by atoms with van der Waals surface area (Å²) in [5.74, 6) is 0. The molecule has 0 radical (unpaired) electrons. The minimum atomic E-state index is -2.84. The van der Waals surface area contributed by atoms with Crippen molar-refractivity contribution in [3.8, 4) is 5.69 Å². The first-order valence-corrected chi connectivity index (χ1v) is 5.51. The highest BCUT2D eigenvalue weighted by Crippen LogP contribution is 2.28. The molecule has 6 heteroatoms. The number of aromatic nitrogens is 2. The lowest BCUT2D eigenvalue weighted by Crippen LogP contribution is -1.97. The molecule has 1 heterocycles. The maximum atomic E-state index is 12.7. The Morgan fingerprint density at radius 2 is 1.94 bits per heavy atom. The monoisotopic (exact) mass is 270 g/mol. The van der Waals surface area contributed by atoms with Crippen molar-refractivity contribution in [3.05, 3.63) is 46.2 Å². The van der Waals surface area contributed by atoms with Gasteiger partial charge in [-0.25, -0.2) is 13.5 Å². The number of aldehydes is 1. The summed E-state index contributed by atoms with van der Waals surface area (Å²) in [6, 6.07) is 6.99. The highest BCUT2D eigenvalue weighted by molar-refractivity contribution is 6.32. The second-order valence-corrected chi connectivity index (χ2v) is 4.11. The van der Waals surface area contributed by atoms with Gasteiger partial charge in [-0.2, -0.15) is 5.10 Å². The van der Waals surface area contributed by atoms with E-state index in [9.17, 15) is 13.6 Å². The van der Waals surface area contributed by atoms with Crippen LogP contribution in [-0.4, -0.2) is 16.1 Å². The average molecular weight is 271 g/mol. The normalized spacial score (nSPS) is 10.9. The molecule has 0 bridgehead atoms. The molecule has 0 N–H and O–H groups in total. The lowest BCUT2D eigenvalue weighted by Gasteiger charge is -2.03. The van der Waals surface area contributed by atoms with E-state index in [1.807, 2.05) is 6.92 Å². The second kappa shape index (κ2) is 4.86. The molecule has 0 aliphatic carbocycles. The van der Waals surface area contributed by atoms with Gasteiger partial charge in [-0.1, -0.05) is 29.3 Å². The summed E-state index contributed by atoms with van der Waals surface area (Å²) in [5.41, 5.74) is 0.676. The molecular formula is C12H9ClF2N2O. The van der Waals surface area contributed by atoms with Crippen LogP contribution in [-0.2, 0) is 0 Å². The van der Waals surface area contributed by atoms with Crippen LogP contribution in [0.2, 0.25) is 5.15 Å². The van der Waals surface area contributed by atoms with Gasteiger partial charge < -0.3 is 0 Å². The predicted octanol–water partition coefficient (Wildman–Crippen LogP) is 3.58. The van der Waals surface area contributed by atoms with E-state index in [0.717, 1.165) is 10.2 Å². The molecule has 2 rings (SSSR count). The maximum absolute atomic E-state index is 12.7. The molecule has 0 aliphatic heterocycles. The molecular weight excluding hydrogens is 262 g/mol. The summed E-state index contributed by atoms with van der Waals surface area (Å²) >= 11 is 5.88. The Bertz CT molecular complexity index is 579. The summed E-state index contributed by atoms with van der Waals surface area (Å²) in [4.78, 5) is 10.8. The van der Waals surface area contributed by atoms with Crippen LogP contribution in [0.3, 0.4) is 0 Å². The van der Waals surface area contributed by atoms with Gasteiger partial charge in [0.2, 0.25) is 0 Å². The topological polar surface area (TPSA) is 34.9 Å². The van der Waals surface area contributed by atoms with E-state index in [4.69, 9.17) is 11.6 Å². The predicted molar refractivity (Wildman–Crippen MR) is 63.7 cm³/mol. The average Bonchev–Trinajstić information content (AvgIpc) is 2.67. The van der Waals surface area contributed by atoms with Crippen LogP contribution in [0.25, 0.3) is 5.69 Å². The van der Waals surface area contributed by atoms with E-state index in [1.165, 1.54) is 0 Å². The molecule has 0 spiro atoms. The smallest absolute Gasteiger partial charge is 0.282 e. The van der Waals surface area contributed by atoms with Crippen molar-refractivity contribution >= 4 is 17.9 Å². The Balaban J connectivity index is 2.58.